The molecule has 0 spiro atoms. The molecule has 1 amide bonds. The topological polar surface area (TPSA) is 64.6 Å². The minimum Gasteiger partial charge on any atom is -0.495 e. The highest BCUT2D eigenvalue weighted by Gasteiger charge is 2.16. The fourth-order valence-corrected chi connectivity index (χ4v) is 2.22. The Hall–Kier alpha value is -2.30. The summed E-state index contributed by atoms with van der Waals surface area (Å²) in [5, 5.41) is 2.66. The number of esters is 1. The average molecular weight is 289 g/mol. The third-order valence-corrected chi connectivity index (χ3v) is 3.29. The van der Waals surface area contributed by atoms with Crippen molar-refractivity contribution in [2.45, 2.75) is 19.3 Å². The molecule has 1 aliphatic rings. The molecule has 0 radical (unpaired) electrons. The van der Waals surface area contributed by atoms with Crippen LogP contribution >= 0.6 is 0 Å². The van der Waals surface area contributed by atoms with Crippen molar-refractivity contribution in [1.82, 2.24) is 0 Å². The number of rotatable bonds is 6. The molecule has 112 valence electrons. The van der Waals surface area contributed by atoms with Crippen molar-refractivity contribution in [1.29, 1.82) is 0 Å². The Morgan fingerprint density at radius 1 is 1.33 bits per heavy atom. The first-order valence-electron chi connectivity index (χ1n) is 6.94. The summed E-state index contributed by atoms with van der Waals surface area (Å²) in [4.78, 5) is 23.4. The Bertz CT molecular complexity index is 539. The summed E-state index contributed by atoms with van der Waals surface area (Å²) in [5.74, 6) is 0.0830. The van der Waals surface area contributed by atoms with Crippen molar-refractivity contribution in [3.05, 3.63) is 36.4 Å². The van der Waals surface area contributed by atoms with Gasteiger partial charge in [0, 0.05) is 0 Å². The second kappa shape index (κ2) is 7.47. The predicted molar refractivity (Wildman–Crippen MR) is 79.1 cm³/mol. The zero-order valence-electron chi connectivity index (χ0n) is 12.0. The first kappa shape index (κ1) is 15.1. The Kier molecular flexibility index (Phi) is 5.37. The van der Waals surface area contributed by atoms with Gasteiger partial charge in [-0.15, -0.1) is 0 Å². The van der Waals surface area contributed by atoms with Crippen molar-refractivity contribution in [2.75, 3.05) is 19.0 Å². The molecule has 1 aliphatic carbocycles. The maximum absolute atomic E-state index is 11.8. The summed E-state index contributed by atoms with van der Waals surface area (Å²) in [6.07, 6.45) is 6.40. The highest BCUT2D eigenvalue weighted by molar-refractivity contribution is 5.94. The lowest BCUT2D eigenvalue weighted by molar-refractivity contribution is -0.147. The smallest absolute Gasteiger partial charge is 0.306 e. The van der Waals surface area contributed by atoms with E-state index in [4.69, 9.17) is 9.47 Å². The van der Waals surface area contributed by atoms with Crippen LogP contribution in [0, 0.1) is 5.92 Å². The fraction of sp³-hybridized carbons (Fsp3) is 0.375. The Balaban J connectivity index is 1.76. The van der Waals surface area contributed by atoms with Crippen LogP contribution in [-0.2, 0) is 14.3 Å². The van der Waals surface area contributed by atoms with Gasteiger partial charge >= 0.3 is 5.97 Å². The van der Waals surface area contributed by atoms with Crippen LogP contribution in [-0.4, -0.2) is 25.6 Å². The molecule has 1 N–H and O–H groups in total. The van der Waals surface area contributed by atoms with E-state index in [9.17, 15) is 9.59 Å². The van der Waals surface area contributed by atoms with Crippen LogP contribution in [0.2, 0.25) is 0 Å². The molecule has 0 heterocycles. The van der Waals surface area contributed by atoms with E-state index in [0.717, 1.165) is 12.8 Å². The number of carbonyl (C=O) groups is 2. The number of anilines is 1. The van der Waals surface area contributed by atoms with Gasteiger partial charge in [0.2, 0.25) is 0 Å². The third kappa shape index (κ3) is 4.63. The number of hydrogen-bond donors (Lipinski definition) is 1. The minimum absolute atomic E-state index is 0.245. The van der Waals surface area contributed by atoms with Crippen molar-refractivity contribution >= 4 is 17.6 Å². The first-order chi connectivity index (χ1) is 10.2. The standard InChI is InChI=1S/C16H19NO4/c1-20-14-9-5-4-8-13(14)17-15(18)11-21-16(19)10-12-6-2-3-7-12/h2,4-6,8-9,12H,3,7,10-11H2,1H3,(H,17,18)/t12-/m0/s1. The zero-order valence-corrected chi connectivity index (χ0v) is 12.0. The molecule has 0 bridgehead atoms. The molecular formula is C16H19NO4. The van der Waals surface area contributed by atoms with Gasteiger partial charge < -0.3 is 14.8 Å². The van der Waals surface area contributed by atoms with E-state index in [-0.39, 0.29) is 24.4 Å². The monoisotopic (exact) mass is 289 g/mol. The molecule has 0 saturated heterocycles. The summed E-state index contributed by atoms with van der Waals surface area (Å²) in [6.45, 7) is -0.284. The Morgan fingerprint density at radius 2 is 2.14 bits per heavy atom. The maximum Gasteiger partial charge on any atom is 0.306 e. The van der Waals surface area contributed by atoms with Gasteiger partial charge in [0.15, 0.2) is 6.61 Å². The highest BCUT2D eigenvalue weighted by atomic mass is 16.5. The van der Waals surface area contributed by atoms with Crippen LogP contribution in [0.5, 0.6) is 5.75 Å². The van der Waals surface area contributed by atoms with Gasteiger partial charge in [-0.1, -0.05) is 24.3 Å². The first-order valence-corrected chi connectivity index (χ1v) is 6.94. The molecule has 1 aromatic carbocycles. The molecule has 0 fully saturated rings. The van der Waals surface area contributed by atoms with Crippen LogP contribution < -0.4 is 10.1 Å². The average Bonchev–Trinajstić information content (AvgIpc) is 2.98. The second-order valence-electron chi connectivity index (χ2n) is 4.88. The molecule has 0 aromatic heterocycles. The van der Waals surface area contributed by atoms with Gasteiger partial charge in [-0.2, -0.15) is 0 Å². The van der Waals surface area contributed by atoms with Crippen LogP contribution in [0.25, 0.3) is 0 Å². The van der Waals surface area contributed by atoms with Gasteiger partial charge in [-0.3, -0.25) is 9.59 Å². The fourth-order valence-electron chi connectivity index (χ4n) is 2.22. The SMILES string of the molecule is COc1ccccc1NC(=O)COC(=O)C[C@H]1C=CCC1. The van der Waals surface area contributed by atoms with Gasteiger partial charge in [0.1, 0.15) is 5.75 Å². The van der Waals surface area contributed by atoms with Gasteiger partial charge in [-0.05, 0) is 30.9 Å². The summed E-state index contributed by atoms with van der Waals surface area (Å²) in [5.41, 5.74) is 0.555. The van der Waals surface area contributed by atoms with E-state index in [0.29, 0.717) is 17.9 Å². The van der Waals surface area contributed by atoms with Gasteiger partial charge in [0.05, 0.1) is 19.2 Å². The van der Waals surface area contributed by atoms with Gasteiger partial charge in [0.25, 0.3) is 5.91 Å². The number of allylic oxidation sites excluding steroid dienone is 2. The highest BCUT2D eigenvalue weighted by Crippen LogP contribution is 2.23. The molecule has 1 atom stereocenters. The summed E-state index contributed by atoms with van der Waals surface area (Å²) < 4.78 is 10.1. The number of hydrogen-bond acceptors (Lipinski definition) is 4. The lowest BCUT2D eigenvalue weighted by Crippen LogP contribution is -2.21. The zero-order chi connectivity index (χ0) is 15.1. The van der Waals surface area contributed by atoms with E-state index in [1.165, 1.54) is 7.11 Å². The Morgan fingerprint density at radius 3 is 2.86 bits per heavy atom. The number of nitrogens with one attached hydrogen (secondary N) is 1. The third-order valence-electron chi connectivity index (χ3n) is 3.29. The Labute approximate surface area is 123 Å². The lowest BCUT2D eigenvalue weighted by Gasteiger charge is -2.11. The van der Waals surface area contributed by atoms with Crippen molar-refractivity contribution in [3.63, 3.8) is 0 Å². The number of ether oxygens (including phenoxy) is 2. The normalized spacial score (nSPS) is 16.5. The molecule has 1 aromatic rings. The molecule has 0 unspecified atom stereocenters. The van der Waals surface area contributed by atoms with Crippen LogP contribution in [0.15, 0.2) is 36.4 Å². The van der Waals surface area contributed by atoms with Crippen LogP contribution in [0.4, 0.5) is 5.69 Å². The summed E-state index contributed by atoms with van der Waals surface area (Å²) >= 11 is 0. The number of methoxy groups -OCH3 is 1. The van der Waals surface area contributed by atoms with Crippen molar-refractivity contribution < 1.29 is 19.1 Å². The largest absolute Gasteiger partial charge is 0.495 e. The molecule has 0 aliphatic heterocycles. The predicted octanol–water partition coefficient (Wildman–Crippen LogP) is 2.53. The van der Waals surface area contributed by atoms with Crippen molar-refractivity contribution in [3.8, 4) is 5.75 Å². The van der Waals surface area contributed by atoms with Crippen LogP contribution in [0.3, 0.4) is 0 Å². The molecule has 2 rings (SSSR count). The van der Waals surface area contributed by atoms with E-state index < -0.39 is 0 Å². The second-order valence-corrected chi connectivity index (χ2v) is 4.88. The van der Waals surface area contributed by atoms with Crippen LogP contribution in [0.1, 0.15) is 19.3 Å². The van der Waals surface area contributed by atoms with E-state index in [1.54, 1.807) is 18.2 Å². The number of amides is 1. The summed E-state index contributed by atoms with van der Waals surface area (Å²) in [7, 11) is 1.53. The molecule has 0 saturated carbocycles. The van der Waals surface area contributed by atoms with Gasteiger partial charge in [-0.25, -0.2) is 0 Å². The van der Waals surface area contributed by atoms with E-state index in [2.05, 4.69) is 11.4 Å². The van der Waals surface area contributed by atoms with E-state index in [1.807, 2.05) is 12.1 Å². The number of carbonyl (C=O) groups excluding carboxylic acids is 2. The quantitative estimate of drug-likeness (QED) is 0.645. The lowest BCUT2D eigenvalue weighted by atomic mass is 10.1. The summed E-state index contributed by atoms with van der Waals surface area (Å²) in [6, 6.07) is 7.07. The van der Waals surface area contributed by atoms with Crippen molar-refractivity contribution in [2.24, 2.45) is 5.92 Å². The molecule has 5 heteroatoms. The molecule has 5 nitrogen and oxygen atoms in total. The van der Waals surface area contributed by atoms with E-state index >= 15 is 0 Å². The molecular weight excluding hydrogens is 270 g/mol. The number of para-hydroxylation sites is 2. The molecule has 21 heavy (non-hydrogen) atoms. The maximum atomic E-state index is 11.8. The minimum atomic E-state index is -0.380. The number of benzene rings is 1.